The van der Waals surface area contributed by atoms with Gasteiger partial charge < -0.3 is 9.47 Å². The van der Waals surface area contributed by atoms with Gasteiger partial charge in [-0.05, 0) is 36.3 Å². The van der Waals surface area contributed by atoms with E-state index in [0.29, 0.717) is 31.9 Å². The van der Waals surface area contributed by atoms with Gasteiger partial charge in [-0.1, -0.05) is 42.5 Å². The minimum atomic E-state index is -3.68. The largest absolute Gasteiger partial charge is 0.458 e. The van der Waals surface area contributed by atoms with Crippen LogP contribution in [0.15, 0.2) is 59.5 Å². The molecule has 1 aliphatic rings. The van der Waals surface area contributed by atoms with Crippen LogP contribution in [-0.2, 0) is 19.5 Å². The number of aryl methyl sites for hydroxylation is 1. The topological polar surface area (TPSA) is 72.9 Å². The van der Waals surface area contributed by atoms with Crippen LogP contribution in [0.3, 0.4) is 0 Å². The normalized spacial score (nSPS) is 15.6. The molecule has 0 aliphatic carbocycles. The number of carbonyl (C=O) groups is 1. The number of hydrogen-bond donors (Lipinski definition) is 0. The summed E-state index contributed by atoms with van der Waals surface area (Å²) < 4.78 is 37.7. The molecule has 0 bridgehead atoms. The molecule has 0 saturated carbocycles. The molecule has 6 nitrogen and oxygen atoms in total. The summed E-state index contributed by atoms with van der Waals surface area (Å²) >= 11 is 0. The SMILES string of the molecule is Cc1ccc(C(=O)OC/C=C/c2ccccc2)cc1S(=O)(=O)N1CCOCC1. The number of sulfonamides is 1. The van der Waals surface area contributed by atoms with E-state index in [-0.39, 0.29) is 17.1 Å². The molecule has 1 heterocycles. The van der Waals surface area contributed by atoms with Gasteiger partial charge in [-0.2, -0.15) is 4.31 Å². The number of carbonyl (C=O) groups excluding carboxylic acids is 1. The molecular formula is C21H23NO5S. The zero-order chi connectivity index (χ0) is 20.0. The fourth-order valence-electron chi connectivity index (χ4n) is 2.89. The van der Waals surface area contributed by atoms with Crippen LogP contribution in [-0.4, -0.2) is 51.6 Å². The monoisotopic (exact) mass is 401 g/mol. The van der Waals surface area contributed by atoms with Gasteiger partial charge in [-0.25, -0.2) is 13.2 Å². The third-order valence-electron chi connectivity index (χ3n) is 4.43. The third-order valence-corrected chi connectivity index (χ3v) is 6.47. The number of ether oxygens (including phenoxy) is 2. The molecule has 28 heavy (non-hydrogen) atoms. The Morgan fingerprint density at radius 3 is 2.57 bits per heavy atom. The quantitative estimate of drug-likeness (QED) is 0.696. The number of morpholine rings is 1. The zero-order valence-electron chi connectivity index (χ0n) is 15.7. The maximum Gasteiger partial charge on any atom is 0.338 e. The summed E-state index contributed by atoms with van der Waals surface area (Å²) in [5.74, 6) is -0.559. The second kappa shape index (κ2) is 9.14. The first-order valence-corrected chi connectivity index (χ1v) is 10.5. The van der Waals surface area contributed by atoms with Gasteiger partial charge in [0.15, 0.2) is 0 Å². The standard InChI is InChI=1S/C21H23NO5S/c1-17-9-10-19(16-20(17)28(24,25)22-11-14-26-15-12-22)21(23)27-13-5-8-18-6-3-2-4-7-18/h2-10,16H,11-15H2,1H3/b8-5+. The van der Waals surface area contributed by atoms with Crippen LogP contribution in [0, 0.1) is 6.92 Å². The summed E-state index contributed by atoms with van der Waals surface area (Å²) in [6, 6.07) is 14.3. The first kappa shape index (κ1) is 20.3. The fourth-order valence-corrected chi connectivity index (χ4v) is 4.55. The predicted molar refractivity (Wildman–Crippen MR) is 107 cm³/mol. The molecule has 1 saturated heterocycles. The van der Waals surface area contributed by atoms with E-state index in [1.54, 1.807) is 25.1 Å². The lowest BCUT2D eigenvalue weighted by atomic mass is 10.1. The van der Waals surface area contributed by atoms with Crippen molar-refractivity contribution in [1.29, 1.82) is 0 Å². The summed E-state index contributed by atoms with van der Waals surface area (Å²) in [5, 5.41) is 0. The van der Waals surface area contributed by atoms with E-state index in [9.17, 15) is 13.2 Å². The summed E-state index contributed by atoms with van der Waals surface area (Å²) in [4.78, 5) is 12.5. The molecule has 0 aromatic heterocycles. The van der Waals surface area contributed by atoms with Gasteiger partial charge >= 0.3 is 5.97 Å². The van der Waals surface area contributed by atoms with E-state index in [1.807, 2.05) is 36.4 Å². The van der Waals surface area contributed by atoms with Crippen LogP contribution >= 0.6 is 0 Å². The smallest absolute Gasteiger partial charge is 0.338 e. The lowest BCUT2D eigenvalue weighted by molar-refractivity contribution is 0.0549. The maximum atomic E-state index is 12.9. The molecule has 0 unspecified atom stereocenters. The number of hydrogen-bond acceptors (Lipinski definition) is 5. The van der Waals surface area contributed by atoms with E-state index >= 15 is 0 Å². The highest BCUT2D eigenvalue weighted by molar-refractivity contribution is 7.89. The molecule has 0 atom stereocenters. The van der Waals surface area contributed by atoms with E-state index in [2.05, 4.69) is 0 Å². The third kappa shape index (κ3) is 4.86. The molecule has 7 heteroatoms. The number of rotatable bonds is 6. The van der Waals surface area contributed by atoms with Crippen molar-refractivity contribution in [2.24, 2.45) is 0 Å². The number of esters is 1. The van der Waals surface area contributed by atoms with Gasteiger partial charge in [0, 0.05) is 13.1 Å². The molecule has 0 amide bonds. The second-order valence-electron chi connectivity index (χ2n) is 6.41. The van der Waals surface area contributed by atoms with Gasteiger partial charge in [0.2, 0.25) is 10.0 Å². The molecule has 0 N–H and O–H groups in total. The fraction of sp³-hybridized carbons (Fsp3) is 0.286. The molecular weight excluding hydrogens is 378 g/mol. The zero-order valence-corrected chi connectivity index (χ0v) is 16.5. The number of benzene rings is 2. The molecule has 0 spiro atoms. The van der Waals surface area contributed by atoms with E-state index in [4.69, 9.17) is 9.47 Å². The Morgan fingerprint density at radius 1 is 1.14 bits per heavy atom. The van der Waals surface area contributed by atoms with E-state index < -0.39 is 16.0 Å². The van der Waals surface area contributed by atoms with Crippen LogP contribution < -0.4 is 0 Å². The molecule has 1 aliphatic heterocycles. The molecule has 3 rings (SSSR count). The Morgan fingerprint density at radius 2 is 1.86 bits per heavy atom. The summed E-state index contributed by atoms with van der Waals surface area (Å²) in [5.41, 5.74) is 1.81. The van der Waals surface area contributed by atoms with Crippen molar-refractivity contribution in [1.82, 2.24) is 4.31 Å². The predicted octanol–water partition coefficient (Wildman–Crippen LogP) is 2.89. The van der Waals surface area contributed by atoms with Crippen LogP contribution in [0.25, 0.3) is 6.08 Å². The van der Waals surface area contributed by atoms with Crippen molar-refractivity contribution < 1.29 is 22.7 Å². The highest BCUT2D eigenvalue weighted by Crippen LogP contribution is 2.22. The summed E-state index contributed by atoms with van der Waals surface area (Å²) in [7, 11) is -3.68. The average molecular weight is 401 g/mol. The van der Waals surface area contributed by atoms with Crippen molar-refractivity contribution in [3.63, 3.8) is 0 Å². The van der Waals surface area contributed by atoms with E-state index in [1.165, 1.54) is 10.4 Å². The highest BCUT2D eigenvalue weighted by Gasteiger charge is 2.28. The van der Waals surface area contributed by atoms with Crippen molar-refractivity contribution >= 4 is 22.1 Å². The van der Waals surface area contributed by atoms with Crippen molar-refractivity contribution in [2.75, 3.05) is 32.9 Å². The lowest BCUT2D eigenvalue weighted by Crippen LogP contribution is -2.40. The Labute approximate surface area is 165 Å². The Bertz CT molecular complexity index is 948. The van der Waals surface area contributed by atoms with Crippen LogP contribution in [0.4, 0.5) is 0 Å². The van der Waals surface area contributed by atoms with Crippen molar-refractivity contribution in [2.45, 2.75) is 11.8 Å². The second-order valence-corrected chi connectivity index (χ2v) is 8.31. The first-order valence-electron chi connectivity index (χ1n) is 9.06. The molecule has 0 radical (unpaired) electrons. The van der Waals surface area contributed by atoms with Crippen LogP contribution in [0.1, 0.15) is 21.5 Å². The van der Waals surface area contributed by atoms with Crippen LogP contribution in [0.5, 0.6) is 0 Å². The highest BCUT2D eigenvalue weighted by atomic mass is 32.2. The first-order chi connectivity index (χ1) is 13.5. The van der Waals surface area contributed by atoms with Crippen molar-refractivity contribution in [3.05, 3.63) is 71.3 Å². The van der Waals surface area contributed by atoms with E-state index in [0.717, 1.165) is 5.56 Å². The van der Waals surface area contributed by atoms with Crippen LogP contribution in [0.2, 0.25) is 0 Å². The summed E-state index contributed by atoms with van der Waals surface area (Å²) in [6.07, 6.45) is 3.60. The Kier molecular flexibility index (Phi) is 6.61. The van der Waals surface area contributed by atoms with Gasteiger partial charge in [0.05, 0.1) is 23.7 Å². The average Bonchev–Trinajstić information content (AvgIpc) is 2.72. The Balaban J connectivity index is 1.70. The van der Waals surface area contributed by atoms with Gasteiger partial charge in [0.1, 0.15) is 6.61 Å². The minimum Gasteiger partial charge on any atom is -0.458 e. The maximum absolute atomic E-state index is 12.9. The number of nitrogens with zero attached hydrogens (tertiary/aromatic N) is 1. The van der Waals surface area contributed by atoms with Gasteiger partial charge in [-0.3, -0.25) is 0 Å². The molecule has 2 aromatic rings. The lowest BCUT2D eigenvalue weighted by Gasteiger charge is -2.26. The molecule has 148 valence electrons. The van der Waals surface area contributed by atoms with Gasteiger partial charge in [-0.15, -0.1) is 0 Å². The molecule has 1 fully saturated rings. The minimum absolute atomic E-state index is 0.104. The Hall–Kier alpha value is -2.48. The van der Waals surface area contributed by atoms with Gasteiger partial charge in [0.25, 0.3) is 0 Å². The summed E-state index contributed by atoms with van der Waals surface area (Å²) in [6.45, 7) is 3.17. The van der Waals surface area contributed by atoms with Crippen molar-refractivity contribution in [3.8, 4) is 0 Å². The molecule has 2 aromatic carbocycles.